The van der Waals surface area contributed by atoms with Gasteiger partial charge in [-0.3, -0.25) is 4.79 Å². The van der Waals surface area contributed by atoms with Crippen LogP contribution in [0.15, 0.2) is 24.3 Å². The van der Waals surface area contributed by atoms with Gasteiger partial charge in [0.2, 0.25) is 0 Å². The van der Waals surface area contributed by atoms with Crippen LogP contribution >= 0.6 is 0 Å². The van der Waals surface area contributed by atoms with Gasteiger partial charge in [-0.05, 0) is 24.3 Å². The van der Waals surface area contributed by atoms with Crippen molar-refractivity contribution in [2.45, 2.75) is 12.6 Å². The van der Waals surface area contributed by atoms with E-state index >= 15 is 0 Å². The van der Waals surface area contributed by atoms with Gasteiger partial charge >= 0.3 is 6.18 Å². The number of halogens is 4. The van der Waals surface area contributed by atoms with Crippen LogP contribution in [0, 0.1) is 23.1 Å². The van der Waals surface area contributed by atoms with Crippen molar-refractivity contribution in [2.24, 2.45) is 5.92 Å². The number of carbonyl (C=O) groups excluding carboxylic acids is 1. The highest BCUT2D eigenvalue weighted by Crippen LogP contribution is 2.26. The van der Waals surface area contributed by atoms with Crippen LogP contribution in [0.2, 0.25) is 0 Å². The maximum Gasteiger partial charge on any atom is 0.390 e. The highest BCUT2D eigenvalue weighted by atomic mass is 19.4. The molecular weight excluding hydrogens is 238 g/mol. The molecule has 0 aliphatic heterocycles. The molecule has 0 spiro atoms. The Morgan fingerprint density at radius 2 is 1.82 bits per heavy atom. The van der Waals surface area contributed by atoms with Gasteiger partial charge in [-0.15, -0.1) is 0 Å². The number of carbonyl (C=O) groups is 1. The summed E-state index contributed by atoms with van der Waals surface area (Å²) < 4.78 is 48.8. The molecule has 1 aromatic rings. The molecule has 0 saturated carbocycles. The van der Waals surface area contributed by atoms with Crippen LogP contribution in [-0.4, -0.2) is 12.0 Å². The van der Waals surface area contributed by atoms with E-state index in [-0.39, 0.29) is 5.56 Å². The third-order valence-electron chi connectivity index (χ3n) is 2.04. The van der Waals surface area contributed by atoms with E-state index in [4.69, 9.17) is 5.26 Å². The summed E-state index contributed by atoms with van der Waals surface area (Å²) in [7, 11) is 0. The van der Waals surface area contributed by atoms with Crippen LogP contribution in [0.3, 0.4) is 0 Å². The molecule has 0 aliphatic carbocycles. The molecule has 0 aliphatic rings. The fraction of sp³-hybridized carbons (Fsp3) is 0.273. The van der Waals surface area contributed by atoms with E-state index in [2.05, 4.69) is 0 Å². The average Bonchev–Trinajstić information content (AvgIpc) is 2.25. The van der Waals surface area contributed by atoms with E-state index < -0.39 is 30.1 Å². The number of ketones is 1. The molecule has 0 aromatic heterocycles. The highest BCUT2D eigenvalue weighted by Gasteiger charge is 2.35. The third kappa shape index (κ3) is 3.87. The van der Waals surface area contributed by atoms with E-state index in [0.717, 1.165) is 24.3 Å². The Morgan fingerprint density at radius 1 is 1.29 bits per heavy atom. The molecule has 1 unspecified atom stereocenters. The van der Waals surface area contributed by atoms with Gasteiger partial charge in [-0.25, -0.2) is 4.39 Å². The lowest BCUT2D eigenvalue weighted by Crippen LogP contribution is -2.21. The molecule has 0 bridgehead atoms. The van der Waals surface area contributed by atoms with Crippen LogP contribution in [0.1, 0.15) is 16.8 Å². The number of nitrogens with zero attached hydrogens (tertiary/aromatic N) is 1. The summed E-state index contributed by atoms with van der Waals surface area (Å²) in [6, 6.07) is 5.32. The van der Waals surface area contributed by atoms with E-state index in [1.807, 2.05) is 0 Å². The van der Waals surface area contributed by atoms with E-state index in [1.54, 1.807) is 0 Å². The van der Waals surface area contributed by atoms with Crippen LogP contribution in [0.4, 0.5) is 17.6 Å². The number of rotatable bonds is 3. The van der Waals surface area contributed by atoms with Gasteiger partial charge < -0.3 is 0 Å². The van der Waals surface area contributed by atoms with Gasteiger partial charge in [-0.1, -0.05) is 0 Å². The van der Waals surface area contributed by atoms with E-state index in [0.29, 0.717) is 0 Å². The van der Waals surface area contributed by atoms with Gasteiger partial charge in [-0.2, -0.15) is 18.4 Å². The number of nitriles is 1. The lowest BCUT2D eigenvalue weighted by atomic mass is 9.96. The Morgan fingerprint density at radius 3 is 2.24 bits per heavy atom. The monoisotopic (exact) mass is 245 g/mol. The normalized spacial score (nSPS) is 12.9. The quantitative estimate of drug-likeness (QED) is 0.606. The minimum atomic E-state index is -4.59. The van der Waals surface area contributed by atoms with Crippen molar-refractivity contribution in [1.82, 2.24) is 0 Å². The second kappa shape index (κ2) is 4.95. The molecular formula is C11H7F4NO. The number of Topliss-reactive ketones (excluding diaryl/α,β-unsaturated/α-hetero) is 1. The largest absolute Gasteiger partial charge is 0.390 e. The maximum atomic E-state index is 12.5. The first kappa shape index (κ1) is 13.2. The lowest BCUT2D eigenvalue weighted by molar-refractivity contribution is -0.138. The van der Waals surface area contributed by atoms with Crippen molar-refractivity contribution in [1.29, 1.82) is 5.26 Å². The minimum Gasteiger partial charge on any atom is -0.293 e. The fourth-order valence-corrected chi connectivity index (χ4v) is 1.24. The second-order valence-electron chi connectivity index (χ2n) is 3.37. The van der Waals surface area contributed by atoms with Crippen LogP contribution in [-0.2, 0) is 0 Å². The average molecular weight is 245 g/mol. The summed E-state index contributed by atoms with van der Waals surface area (Å²) >= 11 is 0. The molecule has 0 heterocycles. The summed E-state index contributed by atoms with van der Waals surface area (Å²) in [5.74, 6) is -3.35. The fourth-order valence-electron chi connectivity index (χ4n) is 1.24. The van der Waals surface area contributed by atoms with Crippen LogP contribution in [0.5, 0.6) is 0 Å². The van der Waals surface area contributed by atoms with Crippen molar-refractivity contribution >= 4 is 5.78 Å². The highest BCUT2D eigenvalue weighted by molar-refractivity contribution is 5.99. The number of alkyl halides is 3. The standard InChI is InChI=1S/C11H7F4NO/c12-9-3-1-7(2-4-9)10(17)8(6-16)5-11(13,14)15/h1-4,8H,5H2. The molecule has 1 atom stereocenters. The molecule has 1 rings (SSSR count). The Bertz CT molecular complexity index is 444. The molecule has 0 fully saturated rings. The minimum absolute atomic E-state index is 0.109. The first-order valence-electron chi connectivity index (χ1n) is 4.59. The smallest absolute Gasteiger partial charge is 0.293 e. The van der Waals surface area contributed by atoms with Crippen molar-refractivity contribution in [3.8, 4) is 6.07 Å². The number of hydrogen-bond acceptors (Lipinski definition) is 2. The first-order chi connectivity index (χ1) is 7.83. The van der Waals surface area contributed by atoms with Crippen LogP contribution in [0.25, 0.3) is 0 Å². The molecule has 17 heavy (non-hydrogen) atoms. The Labute approximate surface area is 94.5 Å². The zero-order valence-corrected chi connectivity index (χ0v) is 8.46. The Balaban J connectivity index is 2.88. The van der Waals surface area contributed by atoms with Gasteiger partial charge in [0.25, 0.3) is 0 Å². The first-order valence-corrected chi connectivity index (χ1v) is 4.59. The topological polar surface area (TPSA) is 40.9 Å². The summed E-state index contributed by atoms with van der Waals surface area (Å²) in [6.45, 7) is 0. The summed E-state index contributed by atoms with van der Waals surface area (Å²) in [5, 5.41) is 8.53. The zero-order valence-electron chi connectivity index (χ0n) is 8.46. The molecule has 1 aromatic carbocycles. The van der Waals surface area contributed by atoms with Gasteiger partial charge in [0, 0.05) is 5.56 Å². The Kier molecular flexibility index (Phi) is 3.84. The third-order valence-corrected chi connectivity index (χ3v) is 2.04. The van der Waals surface area contributed by atoms with E-state index in [1.165, 1.54) is 6.07 Å². The molecule has 0 radical (unpaired) electrons. The maximum absolute atomic E-state index is 12.5. The predicted octanol–water partition coefficient (Wildman–Crippen LogP) is 3.10. The molecule has 90 valence electrons. The molecule has 2 nitrogen and oxygen atoms in total. The predicted molar refractivity (Wildman–Crippen MR) is 50.5 cm³/mol. The van der Waals surface area contributed by atoms with Gasteiger partial charge in [0.1, 0.15) is 11.7 Å². The number of benzene rings is 1. The zero-order chi connectivity index (χ0) is 13.1. The van der Waals surface area contributed by atoms with Crippen molar-refractivity contribution < 1.29 is 22.4 Å². The second-order valence-corrected chi connectivity index (χ2v) is 3.37. The molecule has 0 amide bonds. The Hall–Kier alpha value is -1.90. The SMILES string of the molecule is N#CC(CC(F)(F)F)C(=O)c1ccc(F)cc1. The lowest BCUT2D eigenvalue weighted by Gasteiger charge is -2.10. The van der Waals surface area contributed by atoms with Crippen molar-refractivity contribution in [2.75, 3.05) is 0 Å². The molecule has 0 N–H and O–H groups in total. The van der Waals surface area contributed by atoms with Crippen molar-refractivity contribution in [3.05, 3.63) is 35.6 Å². The summed E-state index contributed by atoms with van der Waals surface area (Å²) in [6.07, 6.45) is -6.09. The van der Waals surface area contributed by atoms with Gasteiger partial charge in [0.05, 0.1) is 12.5 Å². The number of hydrogen-bond donors (Lipinski definition) is 0. The molecule has 0 saturated heterocycles. The van der Waals surface area contributed by atoms with Crippen molar-refractivity contribution in [3.63, 3.8) is 0 Å². The summed E-state index contributed by atoms with van der Waals surface area (Å²) in [5.41, 5.74) is -0.109. The van der Waals surface area contributed by atoms with Gasteiger partial charge in [0.15, 0.2) is 5.78 Å². The summed E-state index contributed by atoms with van der Waals surface area (Å²) in [4.78, 5) is 11.5. The van der Waals surface area contributed by atoms with Crippen LogP contribution < -0.4 is 0 Å². The van der Waals surface area contributed by atoms with E-state index in [9.17, 15) is 22.4 Å². The molecule has 6 heteroatoms.